The molecular formula is C15H13BrO. The van der Waals surface area contributed by atoms with Crippen molar-refractivity contribution in [3.8, 4) is 0 Å². The highest BCUT2D eigenvalue weighted by Crippen LogP contribution is 2.24. The molecule has 0 spiro atoms. The Balaban J connectivity index is 2.06. The van der Waals surface area contributed by atoms with Gasteiger partial charge in [0, 0.05) is 6.42 Å². The van der Waals surface area contributed by atoms with Crippen LogP contribution in [0.15, 0.2) is 60.7 Å². The number of alkyl halides is 1. The zero-order valence-corrected chi connectivity index (χ0v) is 10.9. The van der Waals surface area contributed by atoms with Gasteiger partial charge in [0.15, 0.2) is 5.78 Å². The van der Waals surface area contributed by atoms with Gasteiger partial charge in [-0.05, 0) is 11.1 Å². The first-order chi connectivity index (χ1) is 8.27. The van der Waals surface area contributed by atoms with Crippen LogP contribution in [0.4, 0.5) is 0 Å². The Morgan fingerprint density at radius 1 is 0.941 bits per heavy atom. The van der Waals surface area contributed by atoms with E-state index in [2.05, 4.69) is 15.9 Å². The van der Waals surface area contributed by atoms with Crippen molar-refractivity contribution in [2.24, 2.45) is 0 Å². The molecule has 0 saturated carbocycles. The second kappa shape index (κ2) is 5.78. The summed E-state index contributed by atoms with van der Waals surface area (Å²) >= 11 is 3.46. The molecule has 0 aromatic heterocycles. The lowest BCUT2D eigenvalue weighted by molar-refractivity contribution is -0.117. The van der Waals surface area contributed by atoms with Gasteiger partial charge >= 0.3 is 0 Å². The Morgan fingerprint density at radius 3 is 2.06 bits per heavy atom. The molecule has 2 aromatic rings. The third-order valence-electron chi connectivity index (χ3n) is 2.60. The lowest BCUT2D eigenvalue weighted by atomic mass is 10.0. The molecule has 2 heteroatoms. The van der Waals surface area contributed by atoms with E-state index in [-0.39, 0.29) is 10.6 Å². The number of rotatable bonds is 4. The Morgan fingerprint density at radius 2 is 1.47 bits per heavy atom. The minimum atomic E-state index is -0.219. The van der Waals surface area contributed by atoms with E-state index in [1.807, 2.05) is 60.7 Å². The van der Waals surface area contributed by atoms with E-state index >= 15 is 0 Å². The molecule has 1 unspecified atom stereocenters. The summed E-state index contributed by atoms with van der Waals surface area (Å²) in [4.78, 5) is 11.8. The third kappa shape index (κ3) is 3.27. The van der Waals surface area contributed by atoms with Crippen LogP contribution in [0, 0.1) is 0 Å². The van der Waals surface area contributed by atoms with Gasteiger partial charge in [-0.2, -0.15) is 0 Å². The average Bonchev–Trinajstić information content (AvgIpc) is 2.40. The van der Waals surface area contributed by atoms with Gasteiger partial charge in [0.05, 0.1) is 4.83 Å². The number of halogens is 1. The molecule has 0 aliphatic heterocycles. The zero-order chi connectivity index (χ0) is 12.1. The number of Topliss-reactive ketones (excluding diaryl/α,β-unsaturated/α-hetero) is 1. The largest absolute Gasteiger partial charge is 0.298 e. The fraction of sp³-hybridized carbons (Fsp3) is 0.133. The summed E-state index contributed by atoms with van der Waals surface area (Å²) in [5, 5.41) is 0. The van der Waals surface area contributed by atoms with Crippen LogP contribution in [0.1, 0.15) is 16.0 Å². The van der Waals surface area contributed by atoms with Gasteiger partial charge in [0.2, 0.25) is 0 Å². The second-order valence-corrected chi connectivity index (χ2v) is 4.82. The van der Waals surface area contributed by atoms with Crippen molar-refractivity contribution in [2.45, 2.75) is 11.2 Å². The molecule has 0 bridgehead atoms. The first kappa shape index (κ1) is 12.1. The summed E-state index contributed by atoms with van der Waals surface area (Å²) in [5.41, 5.74) is 2.06. The van der Waals surface area contributed by atoms with Crippen LogP contribution in [-0.2, 0) is 11.2 Å². The first-order valence-corrected chi connectivity index (χ1v) is 6.44. The summed E-state index contributed by atoms with van der Waals surface area (Å²) < 4.78 is 0. The van der Waals surface area contributed by atoms with E-state index in [0.29, 0.717) is 6.42 Å². The number of hydrogen-bond donors (Lipinski definition) is 0. The maximum atomic E-state index is 12.1. The second-order valence-electron chi connectivity index (χ2n) is 3.90. The summed E-state index contributed by atoms with van der Waals surface area (Å²) in [7, 11) is 0. The van der Waals surface area contributed by atoms with Gasteiger partial charge in [-0.15, -0.1) is 0 Å². The quantitative estimate of drug-likeness (QED) is 0.779. The van der Waals surface area contributed by atoms with Crippen LogP contribution in [0.5, 0.6) is 0 Å². The molecule has 17 heavy (non-hydrogen) atoms. The van der Waals surface area contributed by atoms with Crippen LogP contribution < -0.4 is 0 Å². The number of hydrogen-bond acceptors (Lipinski definition) is 1. The normalized spacial score (nSPS) is 12.1. The number of ketones is 1. The van der Waals surface area contributed by atoms with E-state index in [1.54, 1.807) is 0 Å². The molecule has 1 atom stereocenters. The van der Waals surface area contributed by atoms with Crippen LogP contribution in [-0.4, -0.2) is 5.78 Å². The molecule has 0 aliphatic rings. The predicted octanol–water partition coefficient (Wildman–Crippen LogP) is 3.93. The van der Waals surface area contributed by atoms with Crippen molar-refractivity contribution in [1.82, 2.24) is 0 Å². The highest BCUT2D eigenvalue weighted by atomic mass is 79.9. The Hall–Kier alpha value is -1.41. The average molecular weight is 289 g/mol. The van der Waals surface area contributed by atoms with Crippen molar-refractivity contribution >= 4 is 21.7 Å². The molecule has 2 rings (SSSR count). The maximum absolute atomic E-state index is 12.1. The van der Waals surface area contributed by atoms with Crippen molar-refractivity contribution in [2.75, 3.05) is 0 Å². The third-order valence-corrected chi connectivity index (χ3v) is 3.64. The number of carbonyl (C=O) groups excluding carboxylic acids is 1. The molecule has 86 valence electrons. The van der Waals surface area contributed by atoms with Crippen LogP contribution in [0.2, 0.25) is 0 Å². The predicted molar refractivity (Wildman–Crippen MR) is 73.3 cm³/mol. The molecule has 0 radical (unpaired) electrons. The Bertz CT molecular complexity index is 479. The van der Waals surface area contributed by atoms with Gasteiger partial charge in [0.1, 0.15) is 0 Å². The van der Waals surface area contributed by atoms with Gasteiger partial charge in [-0.25, -0.2) is 0 Å². The van der Waals surface area contributed by atoms with Crippen LogP contribution in [0.25, 0.3) is 0 Å². The minimum absolute atomic E-state index is 0.183. The van der Waals surface area contributed by atoms with Gasteiger partial charge in [-0.3, -0.25) is 4.79 Å². The summed E-state index contributed by atoms with van der Waals surface area (Å²) in [6, 6.07) is 19.6. The van der Waals surface area contributed by atoms with E-state index in [9.17, 15) is 4.79 Å². The molecular weight excluding hydrogens is 276 g/mol. The van der Waals surface area contributed by atoms with E-state index in [4.69, 9.17) is 0 Å². The maximum Gasteiger partial charge on any atom is 0.155 e. The van der Waals surface area contributed by atoms with Crippen molar-refractivity contribution in [1.29, 1.82) is 0 Å². The topological polar surface area (TPSA) is 17.1 Å². The molecule has 0 fully saturated rings. The van der Waals surface area contributed by atoms with Crippen molar-refractivity contribution in [3.63, 3.8) is 0 Å². The summed E-state index contributed by atoms with van der Waals surface area (Å²) in [6.07, 6.45) is 0.464. The lowest BCUT2D eigenvalue weighted by Gasteiger charge is -2.09. The summed E-state index contributed by atoms with van der Waals surface area (Å²) in [6.45, 7) is 0. The molecule has 0 saturated heterocycles. The van der Waals surface area contributed by atoms with Crippen molar-refractivity contribution < 1.29 is 4.79 Å². The minimum Gasteiger partial charge on any atom is -0.298 e. The molecule has 1 nitrogen and oxygen atoms in total. The Kier molecular flexibility index (Phi) is 4.10. The van der Waals surface area contributed by atoms with Crippen molar-refractivity contribution in [3.05, 3.63) is 71.8 Å². The van der Waals surface area contributed by atoms with Crippen LogP contribution >= 0.6 is 15.9 Å². The SMILES string of the molecule is O=C(Cc1ccccc1)C(Br)c1ccccc1. The van der Waals surface area contributed by atoms with E-state index in [1.165, 1.54) is 0 Å². The standard InChI is InChI=1S/C15H13BrO/c16-15(13-9-5-2-6-10-13)14(17)11-12-7-3-1-4-8-12/h1-10,15H,11H2. The highest BCUT2D eigenvalue weighted by Gasteiger charge is 2.16. The van der Waals surface area contributed by atoms with Gasteiger partial charge in [-0.1, -0.05) is 76.6 Å². The monoisotopic (exact) mass is 288 g/mol. The molecule has 0 amide bonds. The molecule has 0 aliphatic carbocycles. The van der Waals surface area contributed by atoms with E-state index < -0.39 is 0 Å². The highest BCUT2D eigenvalue weighted by molar-refractivity contribution is 9.09. The fourth-order valence-corrected chi connectivity index (χ4v) is 2.16. The van der Waals surface area contributed by atoms with Crippen LogP contribution in [0.3, 0.4) is 0 Å². The summed E-state index contributed by atoms with van der Waals surface area (Å²) in [5.74, 6) is 0.183. The Labute approximate surface area is 110 Å². The molecule has 2 aromatic carbocycles. The number of benzene rings is 2. The molecule has 0 heterocycles. The lowest BCUT2D eigenvalue weighted by Crippen LogP contribution is -2.09. The smallest absolute Gasteiger partial charge is 0.155 e. The molecule has 0 N–H and O–H groups in total. The van der Waals surface area contributed by atoms with Gasteiger partial charge < -0.3 is 0 Å². The van der Waals surface area contributed by atoms with E-state index in [0.717, 1.165) is 11.1 Å². The first-order valence-electron chi connectivity index (χ1n) is 5.53. The van der Waals surface area contributed by atoms with Gasteiger partial charge in [0.25, 0.3) is 0 Å². The fourth-order valence-electron chi connectivity index (χ4n) is 1.69. The zero-order valence-electron chi connectivity index (χ0n) is 9.34. The number of carbonyl (C=O) groups is 1.